The number of methoxy groups -OCH3 is 1. The van der Waals surface area contributed by atoms with Crippen molar-refractivity contribution < 1.29 is 24.5 Å². The zero-order chi connectivity index (χ0) is 29.1. The molecule has 0 radical (unpaired) electrons. The average Bonchev–Trinajstić information content (AvgIpc) is 2.94. The van der Waals surface area contributed by atoms with E-state index in [1.807, 2.05) is 60.7 Å². The van der Waals surface area contributed by atoms with E-state index in [0.29, 0.717) is 5.56 Å². The van der Waals surface area contributed by atoms with Gasteiger partial charge in [0, 0.05) is 6.54 Å². The van der Waals surface area contributed by atoms with Crippen molar-refractivity contribution in [1.82, 2.24) is 10.6 Å². The number of carbonyl (C=O) groups is 2. The predicted octanol–water partition coefficient (Wildman–Crippen LogP) is 1.99. The Hall–Kier alpha value is -4.97. The number of nitrogens with one attached hydrogen (secondary N) is 2. The molecule has 12 heteroatoms. The first-order chi connectivity index (χ1) is 19.2. The highest BCUT2D eigenvalue weighted by Crippen LogP contribution is 2.27. The van der Waals surface area contributed by atoms with E-state index in [1.165, 1.54) is 13.2 Å². The van der Waals surface area contributed by atoms with Gasteiger partial charge in [-0.25, -0.2) is 10.1 Å². The second-order valence-corrected chi connectivity index (χ2v) is 8.99. The van der Waals surface area contributed by atoms with Crippen LogP contribution in [0, 0.1) is 10.1 Å². The van der Waals surface area contributed by atoms with E-state index in [9.17, 15) is 24.8 Å². The van der Waals surface area contributed by atoms with E-state index in [4.69, 9.17) is 16.2 Å². The molecule has 0 saturated carbocycles. The van der Waals surface area contributed by atoms with Gasteiger partial charge in [0.05, 0.1) is 24.2 Å². The first kappa shape index (κ1) is 29.6. The number of phenolic OH excluding ortho intramolecular Hbond substituents is 1. The Kier molecular flexibility index (Phi) is 10.5. The Morgan fingerprint density at radius 1 is 1.00 bits per heavy atom. The molecular weight excluding hydrogens is 516 g/mol. The lowest BCUT2D eigenvalue weighted by molar-refractivity contribution is -0.485. The number of nitro groups is 1. The van der Waals surface area contributed by atoms with Gasteiger partial charge in [0.2, 0.25) is 11.8 Å². The second-order valence-electron chi connectivity index (χ2n) is 8.99. The summed E-state index contributed by atoms with van der Waals surface area (Å²) in [4.78, 5) is 37.6. The molecule has 3 aromatic rings. The molecule has 0 aromatic heterocycles. The summed E-state index contributed by atoms with van der Waals surface area (Å²) < 4.78 is 5.04. The van der Waals surface area contributed by atoms with E-state index >= 15 is 0 Å². The van der Waals surface area contributed by atoms with Crippen LogP contribution in [0.2, 0.25) is 0 Å². The third-order valence-electron chi connectivity index (χ3n) is 6.21. The van der Waals surface area contributed by atoms with Gasteiger partial charge < -0.3 is 31.9 Å². The van der Waals surface area contributed by atoms with Gasteiger partial charge >= 0.3 is 0 Å². The zero-order valence-electron chi connectivity index (χ0n) is 21.9. The van der Waals surface area contributed by atoms with Crippen molar-refractivity contribution in [2.75, 3.05) is 7.11 Å². The number of hydrazone groups is 1. The van der Waals surface area contributed by atoms with Crippen LogP contribution < -0.4 is 26.8 Å². The van der Waals surface area contributed by atoms with Gasteiger partial charge in [0.25, 0.3) is 0 Å². The van der Waals surface area contributed by atoms with Crippen LogP contribution in [0.3, 0.4) is 0 Å². The minimum atomic E-state index is -1.05. The summed E-state index contributed by atoms with van der Waals surface area (Å²) in [5, 5.41) is 28.4. The molecule has 3 rings (SSSR count). The lowest BCUT2D eigenvalue weighted by atomic mass is 9.90. The SMILES string of the molecule is COc1ccc(CNC(=O)C(CCC(N)/C(N)=N\[N+](=O)[O-])NC(=O)C(c2ccccc2)c2ccccc2)cc1O. The lowest BCUT2D eigenvalue weighted by Crippen LogP contribution is -2.49. The van der Waals surface area contributed by atoms with Crippen molar-refractivity contribution in [3.05, 3.63) is 106 Å². The number of hydrogen-bond donors (Lipinski definition) is 5. The fourth-order valence-electron chi connectivity index (χ4n) is 4.13. The number of benzene rings is 3. The largest absolute Gasteiger partial charge is 0.504 e. The summed E-state index contributed by atoms with van der Waals surface area (Å²) in [6.07, 6.45) is 0.0586. The molecule has 2 unspecified atom stereocenters. The number of amides is 2. The number of aromatic hydroxyl groups is 1. The monoisotopic (exact) mass is 548 g/mol. The molecule has 12 nitrogen and oxygen atoms in total. The second kappa shape index (κ2) is 14.3. The third-order valence-corrected chi connectivity index (χ3v) is 6.21. The van der Waals surface area contributed by atoms with Crippen molar-refractivity contribution >= 4 is 17.6 Å². The Balaban J connectivity index is 1.82. The van der Waals surface area contributed by atoms with Crippen LogP contribution in [0.1, 0.15) is 35.4 Å². The summed E-state index contributed by atoms with van der Waals surface area (Å²) in [6.45, 7) is 0.0561. The molecule has 0 fully saturated rings. The number of ether oxygens (including phenoxy) is 1. The van der Waals surface area contributed by atoms with Crippen molar-refractivity contribution in [2.45, 2.75) is 37.4 Å². The Morgan fingerprint density at radius 2 is 1.60 bits per heavy atom. The topological polar surface area (TPSA) is 195 Å². The molecule has 0 heterocycles. The van der Waals surface area contributed by atoms with Gasteiger partial charge in [-0.2, -0.15) is 0 Å². The normalized spacial score (nSPS) is 12.8. The standard InChI is InChI=1S/C28H32N6O6/c1-40-24-15-12-18(16-23(24)35)17-31-27(36)22(14-13-21(29)26(30)33-34(38)39)32-28(37)25(19-8-4-2-5-9-19)20-10-6-3-7-11-20/h2-12,15-16,21-22,25,35H,13-14,17,29H2,1H3,(H2,30,33)(H,31,36)(H,32,37). The highest BCUT2D eigenvalue weighted by atomic mass is 16.7. The summed E-state index contributed by atoms with van der Waals surface area (Å²) in [5.74, 6) is -1.82. The van der Waals surface area contributed by atoms with Gasteiger partial charge in [-0.05, 0) is 41.7 Å². The molecule has 0 aliphatic carbocycles. The highest BCUT2D eigenvalue weighted by Gasteiger charge is 2.28. The van der Waals surface area contributed by atoms with Crippen LogP contribution >= 0.6 is 0 Å². The maximum Gasteiger partial charge on any atom is 0.242 e. The zero-order valence-corrected chi connectivity index (χ0v) is 21.9. The van der Waals surface area contributed by atoms with Crippen molar-refractivity contribution in [3.8, 4) is 11.5 Å². The van der Waals surface area contributed by atoms with E-state index in [2.05, 4.69) is 15.7 Å². The molecule has 2 amide bonds. The molecule has 0 bridgehead atoms. The van der Waals surface area contributed by atoms with Crippen LogP contribution in [0.25, 0.3) is 0 Å². The Morgan fingerprint density at radius 3 is 2.12 bits per heavy atom. The average molecular weight is 549 g/mol. The molecule has 2 atom stereocenters. The van der Waals surface area contributed by atoms with E-state index in [1.54, 1.807) is 12.1 Å². The van der Waals surface area contributed by atoms with Gasteiger partial charge in [-0.3, -0.25) is 9.59 Å². The lowest BCUT2D eigenvalue weighted by Gasteiger charge is -2.24. The minimum absolute atomic E-state index is 0.0246. The van der Waals surface area contributed by atoms with Gasteiger partial charge in [-0.1, -0.05) is 66.7 Å². The van der Waals surface area contributed by atoms with Crippen LogP contribution in [-0.2, 0) is 16.1 Å². The smallest absolute Gasteiger partial charge is 0.242 e. The number of phenols is 1. The van der Waals surface area contributed by atoms with Crippen LogP contribution in [0.4, 0.5) is 0 Å². The first-order valence-corrected chi connectivity index (χ1v) is 12.5. The van der Waals surface area contributed by atoms with Crippen LogP contribution in [-0.4, -0.2) is 47.0 Å². The summed E-state index contributed by atoms with van der Waals surface area (Å²) in [6, 6.07) is 20.9. The summed E-state index contributed by atoms with van der Waals surface area (Å²) >= 11 is 0. The molecule has 7 N–H and O–H groups in total. The highest BCUT2D eigenvalue weighted by molar-refractivity contribution is 5.92. The number of amidine groups is 1. The number of rotatable bonds is 13. The van der Waals surface area contributed by atoms with Gasteiger partial charge in [-0.15, -0.1) is 0 Å². The molecule has 0 saturated heterocycles. The van der Waals surface area contributed by atoms with E-state index in [-0.39, 0.29) is 30.9 Å². The molecule has 0 aliphatic heterocycles. The Labute approximate surface area is 231 Å². The summed E-state index contributed by atoms with van der Waals surface area (Å²) in [5.41, 5.74) is 13.6. The molecular formula is C28H32N6O6. The third kappa shape index (κ3) is 8.27. The quantitative estimate of drug-likeness (QED) is 0.0925. The molecule has 0 aliphatic rings. The van der Waals surface area contributed by atoms with E-state index < -0.39 is 40.7 Å². The Bertz CT molecular complexity index is 1300. The van der Waals surface area contributed by atoms with Crippen molar-refractivity contribution in [3.63, 3.8) is 0 Å². The maximum absolute atomic E-state index is 13.7. The van der Waals surface area contributed by atoms with Gasteiger partial charge in [0.15, 0.2) is 22.4 Å². The first-order valence-electron chi connectivity index (χ1n) is 12.5. The minimum Gasteiger partial charge on any atom is -0.504 e. The van der Waals surface area contributed by atoms with E-state index in [0.717, 1.165) is 11.1 Å². The fourth-order valence-corrected chi connectivity index (χ4v) is 4.13. The maximum atomic E-state index is 13.7. The number of nitrogens with zero attached hydrogens (tertiary/aromatic N) is 2. The van der Waals surface area contributed by atoms with Gasteiger partial charge in [0.1, 0.15) is 6.04 Å². The fraction of sp³-hybridized carbons (Fsp3) is 0.250. The summed E-state index contributed by atoms with van der Waals surface area (Å²) in [7, 11) is 1.43. The molecule has 0 spiro atoms. The van der Waals surface area contributed by atoms with Crippen molar-refractivity contribution in [1.29, 1.82) is 0 Å². The molecule has 40 heavy (non-hydrogen) atoms. The molecule has 3 aromatic carbocycles. The van der Waals surface area contributed by atoms with Crippen molar-refractivity contribution in [2.24, 2.45) is 16.6 Å². The van der Waals surface area contributed by atoms with Crippen LogP contribution in [0.5, 0.6) is 11.5 Å². The number of nitrogens with two attached hydrogens (primary N) is 2. The van der Waals surface area contributed by atoms with Crippen LogP contribution in [0.15, 0.2) is 84.0 Å². The number of hydrogen-bond acceptors (Lipinski definition) is 7. The molecule has 210 valence electrons. The predicted molar refractivity (Wildman–Crippen MR) is 149 cm³/mol. The number of carbonyl (C=O) groups excluding carboxylic acids is 2.